The Hall–Kier alpha value is -3.15. The van der Waals surface area contributed by atoms with Crippen molar-refractivity contribution in [2.75, 3.05) is 18.5 Å². The quantitative estimate of drug-likeness (QED) is 0.427. The van der Waals surface area contributed by atoms with Gasteiger partial charge in [-0.3, -0.25) is 9.48 Å². The van der Waals surface area contributed by atoms with E-state index < -0.39 is 32.1 Å². The van der Waals surface area contributed by atoms with Crippen LogP contribution in [0, 0.1) is 17.2 Å². The second kappa shape index (κ2) is 10.00. The Balaban J connectivity index is 1.82. The number of hydrogen-bond donors (Lipinski definition) is 4. The van der Waals surface area contributed by atoms with Crippen molar-refractivity contribution >= 4 is 27.2 Å². The van der Waals surface area contributed by atoms with Crippen molar-refractivity contribution < 1.29 is 31.5 Å². The number of nitrogens with two attached hydrogens (primary N) is 1. The SMILES string of the molecule is N#CC1CC(NCCO)CCC1n1cc(C(N)=O)c(Nc2ccc(S(=O)(=O)C(F)(F)F)cc2)n1. The fourth-order valence-electron chi connectivity index (χ4n) is 3.89. The number of aliphatic hydroxyl groups is 1. The standard InChI is InChI=1S/C20H23F3N6O4S/c21-20(22,23)34(32,33)15-4-1-13(2-5-15)27-19-16(18(25)31)11-29(28-19)17-6-3-14(26-7-8-30)9-12(17)10-24/h1-2,4-5,11-12,14,17,26,30H,3,6-9H2,(H2,25,31)(H,27,28). The summed E-state index contributed by atoms with van der Waals surface area (Å²) in [7, 11) is -5.49. The molecule has 1 amide bonds. The first-order valence-corrected chi connectivity index (χ1v) is 11.8. The van der Waals surface area contributed by atoms with Crippen LogP contribution in [0.5, 0.6) is 0 Å². The van der Waals surface area contributed by atoms with Gasteiger partial charge in [0.2, 0.25) is 0 Å². The molecule has 0 bridgehead atoms. The molecule has 14 heteroatoms. The molecule has 1 heterocycles. The summed E-state index contributed by atoms with van der Waals surface area (Å²) in [6, 6.07) is 5.77. The lowest BCUT2D eigenvalue weighted by atomic mass is 9.82. The predicted octanol–water partition coefficient (Wildman–Crippen LogP) is 1.83. The lowest BCUT2D eigenvalue weighted by Crippen LogP contribution is -2.39. The second-order valence-electron chi connectivity index (χ2n) is 7.82. The molecule has 1 aliphatic carbocycles. The van der Waals surface area contributed by atoms with Gasteiger partial charge in [0.15, 0.2) is 5.82 Å². The molecule has 1 saturated carbocycles. The highest BCUT2D eigenvalue weighted by Gasteiger charge is 2.46. The molecule has 1 aliphatic rings. The van der Waals surface area contributed by atoms with Crippen LogP contribution >= 0.6 is 0 Å². The van der Waals surface area contributed by atoms with E-state index in [9.17, 15) is 31.6 Å². The third-order valence-corrected chi connectivity index (χ3v) is 7.10. The number of carbonyl (C=O) groups is 1. The van der Waals surface area contributed by atoms with Gasteiger partial charge in [0.1, 0.15) is 5.56 Å². The number of rotatable bonds is 8. The second-order valence-corrected chi connectivity index (χ2v) is 9.77. The van der Waals surface area contributed by atoms with Crippen LogP contribution in [0.15, 0.2) is 35.4 Å². The number of aromatic nitrogens is 2. The average Bonchev–Trinajstić information content (AvgIpc) is 3.21. The van der Waals surface area contributed by atoms with Crippen molar-refractivity contribution in [3.8, 4) is 6.07 Å². The smallest absolute Gasteiger partial charge is 0.395 e. The van der Waals surface area contributed by atoms with E-state index in [1.807, 2.05) is 0 Å². The maximum atomic E-state index is 12.7. The summed E-state index contributed by atoms with van der Waals surface area (Å²) < 4.78 is 62.7. The minimum absolute atomic E-state index is 0.00390. The number of anilines is 2. The monoisotopic (exact) mass is 500 g/mol. The third-order valence-electron chi connectivity index (χ3n) is 5.59. The number of amides is 1. The zero-order valence-corrected chi connectivity index (χ0v) is 18.6. The van der Waals surface area contributed by atoms with E-state index in [0.29, 0.717) is 25.8 Å². The van der Waals surface area contributed by atoms with Crippen LogP contribution in [-0.2, 0) is 9.84 Å². The summed E-state index contributed by atoms with van der Waals surface area (Å²) in [5, 5.41) is 28.9. The van der Waals surface area contributed by atoms with Crippen LogP contribution in [0.4, 0.5) is 24.7 Å². The third kappa shape index (κ3) is 5.32. The normalized spacial score (nSPS) is 21.1. The number of alkyl halides is 3. The first-order valence-electron chi connectivity index (χ1n) is 10.3. The Kier molecular flexibility index (Phi) is 7.49. The van der Waals surface area contributed by atoms with Crippen LogP contribution in [0.3, 0.4) is 0 Å². The van der Waals surface area contributed by atoms with E-state index >= 15 is 0 Å². The van der Waals surface area contributed by atoms with Crippen LogP contribution in [0.1, 0.15) is 35.7 Å². The number of aliphatic hydroxyl groups excluding tert-OH is 1. The molecular weight excluding hydrogens is 477 g/mol. The summed E-state index contributed by atoms with van der Waals surface area (Å²) in [5.74, 6) is -1.21. The largest absolute Gasteiger partial charge is 0.501 e. The summed E-state index contributed by atoms with van der Waals surface area (Å²) >= 11 is 0. The molecule has 1 aromatic heterocycles. The van der Waals surface area contributed by atoms with E-state index in [1.54, 1.807) is 0 Å². The lowest BCUT2D eigenvalue weighted by molar-refractivity contribution is -0.0436. The number of halogens is 3. The van der Waals surface area contributed by atoms with Gasteiger partial charge >= 0.3 is 5.51 Å². The maximum absolute atomic E-state index is 12.7. The van der Waals surface area contributed by atoms with Gasteiger partial charge < -0.3 is 21.5 Å². The minimum Gasteiger partial charge on any atom is -0.395 e. The van der Waals surface area contributed by atoms with Crippen molar-refractivity contribution in [1.29, 1.82) is 5.26 Å². The maximum Gasteiger partial charge on any atom is 0.501 e. The average molecular weight is 501 g/mol. The Morgan fingerprint density at radius 1 is 1.29 bits per heavy atom. The highest BCUT2D eigenvalue weighted by molar-refractivity contribution is 7.92. The van der Waals surface area contributed by atoms with Gasteiger partial charge in [-0.2, -0.15) is 23.5 Å². The number of primary amides is 1. The fourth-order valence-corrected chi connectivity index (χ4v) is 4.65. The number of nitriles is 1. The zero-order chi connectivity index (χ0) is 25.1. The number of nitrogens with zero attached hydrogens (tertiary/aromatic N) is 3. The molecule has 10 nitrogen and oxygen atoms in total. The predicted molar refractivity (Wildman–Crippen MR) is 115 cm³/mol. The van der Waals surface area contributed by atoms with Gasteiger partial charge in [-0.1, -0.05) is 0 Å². The molecular formula is C20H23F3N6O4S. The summed E-state index contributed by atoms with van der Waals surface area (Å²) in [6.07, 6.45) is 3.21. The Morgan fingerprint density at radius 2 is 1.97 bits per heavy atom. The van der Waals surface area contributed by atoms with E-state index in [2.05, 4.69) is 21.8 Å². The molecule has 3 rings (SSSR count). The first kappa shape index (κ1) is 25.5. The Bertz CT molecular complexity index is 1170. The number of benzene rings is 1. The molecule has 1 aromatic carbocycles. The van der Waals surface area contributed by atoms with Crippen molar-refractivity contribution in [3.05, 3.63) is 36.0 Å². The molecule has 3 atom stereocenters. The topological polar surface area (TPSA) is 163 Å². The van der Waals surface area contributed by atoms with Crippen molar-refractivity contribution in [3.63, 3.8) is 0 Å². The summed E-state index contributed by atoms with van der Waals surface area (Å²) in [6.45, 7) is 0.397. The van der Waals surface area contributed by atoms with Gasteiger partial charge in [-0.05, 0) is 43.5 Å². The summed E-state index contributed by atoms with van der Waals surface area (Å²) in [4.78, 5) is 11.0. The van der Waals surface area contributed by atoms with Crippen molar-refractivity contribution in [1.82, 2.24) is 15.1 Å². The molecule has 0 aliphatic heterocycles. The molecule has 2 aromatic rings. The highest BCUT2D eigenvalue weighted by atomic mass is 32.2. The fraction of sp³-hybridized carbons (Fsp3) is 0.450. The van der Waals surface area contributed by atoms with Gasteiger partial charge in [0.05, 0.1) is 29.5 Å². The van der Waals surface area contributed by atoms with Crippen molar-refractivity contribution in [2.24, 2.45) is 11.7 Å². The van der Waals surface area contributed by atoms with Crippen LogP contribution in [0.25, 0.3) is 0 Å². The Labute approximate surface area is 193 Å². The molecule has 0 spiro atoms. The van der Waals surface area contributed by atoms with Gasteiger partial charge in [-0.15, -0.1) is 0 Å². The molecule has 184 valence electrons. The number of nitrogens with one attached hydrogen (secondary N) is 2. The van der Waals surface area contributed by atoms with E-state index in [-0.39, 0.29) is 35.8 Å². The van der Waals surface area contributed by atoms with E-state index in [1.165, 1.54) is 10.9 Å². The highest BCUT2D eigenvalue weighted by Crippen LogP contribution is 2.35. The van der Waals surface area contributed by atoms with Crippen LogP contribution in [0.2, 0.25) is 0 Å². The van der Waals surface area contributed by atoms with Gasteiger partial charge in [0, 0.05) is 24.5 Å². The summed E-state index contributed by atoms with van der Waals surface area (Å²) in [5.41, 5.74) is 0.209. The molecule has 34 heavy (non-hydrogen) atoms. The van der Waals surface area contributed by atoms with Crippen molar-refractivity contribution in [2.45, 2.75) is 41.7 Å². The van der Waals surface area contributed by atoms with Gasteiger partial charge in [0.25, 0.3) is 15.7 Å². The number of carbonyl (C=O) groups excluding carboxylic acids is 1. The number of sulfone groups is 1. The van der Waals surface area contributed by atoms with E-state index in [0.717, 1.165) is 24.3 Å². The first-order chi connectivity index (χ1) is 16.0. The molecule has 5 N–H and O–H groups in total. The zero-order valence-electron chi connectivity index (χ0n) is 17.8. The van der Waals surface area contributed by atoms with Crippen LogP contribution in [-0.4, -0.2) is 53.9 Å². The lowest BCUT2D eigenvalue weighted by Gasteiger charge is -2.33. The molecule has 0 radical (unpaired) electrons. The van der Waals surface area contributed by atoms with Gasteiger partial charge in [-0.25, -0.2) is 8.42 Å². The Morgan fingerprint density at radius 3 is 2.53 bits per heavy atom. The number of hydrogen-bond acceptors (Lipinski definition) is 8. The minimum atomic E-state index is -5.49. The van der Waals surface area contributed by atoms with Crippen LogP contribution < -0.4 is 16.4 Å². The molecule has 3 unspecified atom stereocenters. The molecule has 0 saturated heterocycles. The van der Waals surface area contributed by atoms with E-state index in [4.69, 9.17) is 10.8 Å². The molecule has 1 fully saturated rings.